The van der Waals surface area contributed by atoms with Crippen molar-refractivity contribution in [2.24, 2.45) is 0 Å². The minimum absolute atomic E-state index is 0.212. The molecule has 0 saturated carbocycles. The third kappa shape index (κ3) is 2.21. The maximum absolute atomic E-state index is 12.0. The molecule has 0 radical (unpaired) electrons. The summed E-state index contributed by atoms with van der Waals surface area (Å²) in [5.74, 6) is 0. The molecular weight excluding hydrogens is 254 g/mol. The van der Waals surface area contributed by atoms with Crippen LogP contribution < -0.4 is 5.73 Å². The van der Waals surface area contributed by atoms with Crippen molar-refractivity contribution in [3.05, 3.63) is 60.3 Å². The maximum Gasteiger partial charge on any atom is 0.435 e. The van der Waals surface area contributed by atoms with Crippen molar-refractivity contribution in [3.8, 4) is 0 Å². The lowest BCUT2D eigenvalue weighted by atomic mass is 10.2. The summed E-state index contributed by atoms with van der Waals surface area (Å²) >= 11 is 0. The maximum atomic E-state index is 12.0. The first kappa shape index (κ1) is 12.2. The Bertz CT molecular complexity index is 750. The largest absolute Gasteiger partial charge is 0.443 e. The lowest BCUT2D eigenvalue weighted by Crippen LogP contribution is -2.14. The van der Waals surface area contributed by atoms with Gasteiger partial charge in [-0.3, -0.25) is 0 Å². The van der Waals surface area contributed by atoms with Crippen LogP contribution >= 0.6 is 0 Å². The average molecular weight is 267 g/mol. The molecule has 5 heteroatoms. The van der Waals surface area contributed by atoms with Crippen molar-refractivity contribution in [2.45, 2.75) is 6.61 Å². The van der Waals surface area contributed by atoms with Crippen LogP contribution in [0, 0.1) is 0 Å². The van der Waals surface area contributed by atoms with Crippen LogP contribution in [0.4, 0.5) is 10.5 Å². The Balaban J connectivity index is 1.81. The number of aromatic nitrogens is 2. The first-order valence-corrected chi connectivity index (χ1v) is 6.19. The van der Waals surface area contributed by atoms with Crippen LogP contribution in [0.2, 0.25) is 0 Å². The predicted octanol–water partition coefficient (Wildman–Crippen LogP) is 2.80. The number of nitrogen functional groups attached to an aromatic ring is 1. The molecule has 2 N–H and O–H groups in total. The van der Waals surface area contributed by atoms with Gasteiger partial charge in [0.05, 0.1) is 11.7 Å². The Morgan fingerprint density at radius 1 is 1.15 bits per heavy atom. The van der Waals surface area contributed by atoms with Gasteiger partial charge in [0.15, 0.2) is 0 Å². The van der Waals surface area contributed by atoms with Crippen LogP contribution in [0.5, 0.6) is 0 Å². The Morgan fingerprint density at radius 2 is 1.95 bits per heavy atom. The summed E-state index contributed by atoms with van der Waals surface area (Å²) in [6, 6.07) is 14.8. The highest BCUT2D eigenvalue weighted by Gasteiger charge is 2.12. The van der Waals surface area contributed by atoms with E-state index in [1.54, 1.807) is 24.4 Å². The zero-order chi connectivity index (χ0) is 13.9. The number of ether oxygens (including phenoxy) is 1. The van der Waals surface area contributed by atoms with Crippen molar-refractivity contribution in [1.82, 2.24) is 9.78 Å². The quantitative estimate of drug-likeness (QED) is 0.725. The van der Waals surface area contributed by atoms with Crippen molar-refractivity contribution in [2.75, 3.05) is 5.73 Å². The van der Waals surface area contributed by atoms with E-state index in [1.807, 2.05) is 30.3 Å². The van der Waals surface area contributed by atoms with E-state index in [9.17, 15) is 4.79 Å². The number of carbonyl (C=O) groups excluding carboxylic acids is 1. The van der Waals surface area contributed by atoms with E-state index in [-0.39, 0.29) is 6.61 Å². The fourth-order valence-corrected chi connectivity index (χ4v) is 2.00. The molecule has 0 atom stereocenters. The van der Waals surface area contributed by atoms with Gasteiger partial charge in [-0.15, -0.1) is 0 Å². The number of nitrogens with zero attached hydrogens (tertiary/aromatic N) is 2. The number of anilines is 1. The molecule has 0 spiro atoms. The first-order chi connectivity index (χ1) is 9.75. The number of carbonyl (C=O) groups is 1. The molecule has 2 aromatic carbocycles. The zero-order valence-electron chi connectivity index (χ0n) is 10.7. The van der Waals surface area contributed by atoms with Gasteiger partial charge >= 0.3 is 6.09 Å². The SMILES string of the molecule is Nc1cccc2c1cnn2C(=O)OCc1ccccc1. The van der Waals surface area contributed by atoms with Gasteiger partial charge in [-0.2, -0.15) is 9.78 Å². The fraction of sp³-hybridized carbons (Fsp3) is 0.0667. The minimum atomic E-state index is -0.519. The summed E-state index contributed by atoms with van der Waals surface area (Å²) < 4.78 is 6.46. The van der Waals surface area contributed by atoms with Gasteiger partial charge in [0.2, 0.25) is 0 Å². The van der Waals surface area contributed by atoms with Crippen LogP contribution in [0.1, 0.15) is 5.56 Å². The topological polar surface area (TPSA) is 70.1 Å². The lowest BCUT2D eigenvalue weighted by molar-refractivity contribution is 0.139. The van der Waals surface area contributed by atoms with Crippen LogP contribution in [0.3, 0.4) is 0 Å². The van der Waals surface area contributed by atoms with E-state index in [0.29, 0.717) is 11.2 Å². The molecule has 0 unspecified atom stereocenters. The van der Waals surface area contributed by atoms with E-state index in [1.165, 1.54) is 4.68 Å². The van der Waals surface area contributed by atoms with Gasteiger partial charge < -0.3 is 10.5 Å². The molecule has 0 saturated heterocycles. The number of nitrogens with two attached hydrogens (primary N) is 1. The third-order valence-corrected chi connectivity index (χ3v) is 3.03. The number of rotatable bonds is 2. The van der Waals surface area contributed by atoms with Crippen molar-refractivity contribution >= 4 is 22.7 Å². The Hall–Kier alpha value is -2.82. The zero-order valence-corrected chi connectivity index (χ0v) is 10.7. The number of benzene rings is 2. The van der Waals surface area contributed by atoms with Crippen LogP contribution in [0.25, 0.3) is 10.9 Å². The summed E-state index contributed by atoms with van der Waals surface area (Å²) in [5.41, 5.74) is 7.99. The molecule has 0 bridgehead atoms. The van der Waals surface area contributed by atoms with Gasteiger partial charge in [-0.1, -0.05) is 36.4 Å². The second-order valence-corrected chi connectivity index (χ2v) is 4.38. The summed E-state index contributed by atoms with van der Waals surface area (Å²) in [4.78, 5) is 12.0. The highest BCUT2D eigenvalue weighted by atomic mass is 16.6. The lowest BCUT2D eigenvalue weighted by Gasteiger charge is -2.05. The van der Waals surface area contributed by atoms with Gasteiger partial charge in [0.25, 0.3) is 0 Å². The summed E-state index contributed by atoms with van der Waals surface area (Å²) in [6.45, 7) is 0.212. The molecule has 0 aliphatic heterocycles. The summed E-state index contributed by atoms with van der Waals surface area (Å²) in [6.07, 6.45) is 1.04. The molecule has 0 amide bonds. The molecule has 1 heterocycles. The molecule has 0 fully saturated rings. The molecule has 0 aliphatic carbocycles. The van der Waals surface area contributed by atoms with Gasteiger partial charge in [-0.25, -0.2) is 4.79 Å². The van der Waals surface area contributed by atoms with Gasteiger partial charge in [-0.05, 0) is 17.7 Å². The van der Waals surface area contributed by atoms with Crippen molar-refractivity contribution < 1.29 is 9.53 Å². The average Bonchev–Trinajstić information content (AvgIpc) is 2.91. The highest BCUT2D eigenvalue weighted by molar-refractivity contribution is 5.94. The number of fused-ring (bicyclic) bond motifs is 1. The second-order valence-electron chi connectivity index (χ2n) is 4.38. The molecule has 5 nitrogen and oxygen atoms in total. The fourth-order valence-electron chi connectivity index (χ4n) is 2.00. The highest BCUT2D eigenvalue weighted by Crippen LogP contribution is 2.20. The van der Waals surface area contributed by atoms with Crippen LogP contribution in [0.15, 0.2) is 54.7 Å². The predicted molar refractivity (Wildman–Crippen MR) is 76.2 cm³/mol. The van der Waals surface area contributed by atoms with E-state index < -0.39 is 6.09 Å². The normalized spacial score (nSPS) is 10.6. The van der Waals surface area contributed by atoms with E-state index >= 15 is 0 Å². The van der Waals surface area contributed by atoms with Gasteiger partial charge in [0.1, 0.15) is 6.61 Å². The van der Waals surface area contributed by atoms with Gasteiger partial charge in [0, 0.05) is 11.1 Å². The van der Waals surface area contributed by atoms with Crippen molar-refractivity contribution in [1.29, 1.82) is 0 Å². The molecule has 3 aromatic rings. The third-order valence-electron chi connectivity index (χ3n) is 3.03. The van der Waals surface area contributed by atoms with Crippen molar-refractivity contribution in [3.63, 3.8) is 0 Å². The number of hydrogen-bond donors (Lipinski definition) is 1. The molecular formula is C15H13N3O2. The second kappa shape index (κ2) is 5.05. The molecule has 0 aliphatic rings. The first-order valence-electron chi connectivity index (χ1n) is 6.19. The number of hydrogen-bond acceptors (Lipinski definition) is 4. The Kier molecular flexibility index (Phi) is 3.09. The molecule has 3 rings (SSSR count). The minimum Gasteiger partial charge on any atom is -0.443 e. The molecule has 100 valence electrons. The monoisotopic (exact) mass is 267 g/mol. The molecule has 20 heavy (non-hydrogen) atoms. The van der Waals surface area contributed by atoms with E-state index in [2.05, 4.69) is 5.10 Å². The summed E-state index contributed by atoms with van der Waals surface area (Å²) in [5, 5.41) is 4.77. The molecule has 1 aromatic heterocycles. The standard InChI is InChI=1S/C15H13N3O2/c16-13-7-4-8-14-12(13)9-17-18(14)15(19)20-10-11-5-2-1-3-6-11/h1-9H,10,16H2. The van der Waals surface area contributed by atoms with E-state index in [4.69, 9.17) is 10.5 Å². The van der Waals surface area contributed by atoms with Crippen LogP contribution in [-0.4, -0.2) is 15.9 Å². The Morgan fingerprint density at radius 3 is 2.75 bits per heavy atom. The van der Waals surface area contributed by atoms with E-state index in [0.717, 1.165) is 10.9 Å². The summed E-state index contributed by atoms with van der Waals surface area (Å²) in [7, 11) is 0. The smallest absolute Gasteiger partial charge is 0.435 e. The van der Waals surface area contributed by atoms with Crippen LogP contribution in [-0.2, 0) is 11.3 Å². The Labute approximate surface area is 115 Å².